The van der Waals surface area contributed by atoms with E-state index in [1.165, 1.54) is 5.56 Å². The molecule has 4 heteroatoms. The molecule has 17 heavy (non-hydrogen) atoms. The fourth-order valence-corrected chi connectivity index (χ4v) is 1.83. The number of hydrogen-bond acceptors (Lipinski definition) is 3. The number of nitrogens with zero attached hydrogens (tertiary/aromatic N) is 2. The minimum Gasteiger partial charge on any atom is -0.368 e. The predicted molar refractivity (Wildman–Crippen MR) is 71.0 cm³/mol. The summed E-state index contributed by atoms with van der Waals surface area (Å²) in [5.41, 5.74) is 8.61. The van der Waals surface area contributed by atoms with Crippen LogP contribution in [0.2, 0.25) is 5.15 Å². The van der Waals surface area contributed by atoms with E-state index in [-0.39, 0.29) is 5.95 Å². The number of benzene rings is 1. The first-order valence-electron chi connectivity index (χ1n) is 5.46. The molecular formula is C13H14ClN3. The van der Waals surface area contributed by atoms with E-state index in [1.54, 1.807) is 6.07 Å². The molecule has 3 nitrogen and oxygen atoms in total. The summed E-state index contributed by atoms with van der Waals surface area (Å²) in [6.45, 7) is 4.31. The molecule has 0 aliphatic rings. The van der Waals surface area contributed by atoms with Crippen LogP contribution in [0.5, 0.6) is 0 Å². The SMILES string of the molecule is CC(C)c1cccc(-c2cc(Cl)nc(N)n2)c1. The first-order chi connectivity index (χ1) is 8.06. The molecule has 88 valence electrons. The quantitative estimate of drug-likeness (QED) is 0.827. The highest BCUT2D eigenvalue weighted by molar-refractivity contribution is 6.29. The maximum absolute atomic E-state index is 5.87. The van der Waals surface area contributed by atoms with Crippen molar-refractivity contribution in [2.45, 2.75) is 19.8 Å². The molecule has 0 unspecified atom stereocenters. The second-order valence-electron chi connectivity index (χ2n) is 4.21. The van der Waals surface area contributed by atoms with Crippen molar-refractivity contribution in [3.8, 4) is 11.3 Å². The van der Waals surface area contributed by atoms with Gasteiger partial charge in [0.1, 0.15) is 5.15 Å². The standard InChI is InChI=1S/C13H14ClN3/c1-8(2)9-4-3-5-10(6-9)11-7-12(14)17-13(15)16-11/h3-8H,1-2H3,(H2,15,16,17). The lowest BCUT2D eigenvalue weighted by atomic mass is 10.00. The number of aromatic nitrogens is 2. The van der Waals surface area contributed by atoms with E-state index in [1.807, 2.05) is 12.1 Å². The van der Waals surface area contributed by atoms with Crippen LogP contribution >= 0.6 is 11.6 Å². The van der Waals surface area contributed by atoms with Crippen LogP contribution in [-0.4, -0.2) is 9.97 Å². The molecule has 0 amide bonds. The molecule has 0 saturated heterocycles. The van der Waals surface area contributed by atoms with Crippen LogP contribution in [0.4, 0.5) is 5.95 Å². The second kappa shape index (κ2) is 4.72. The number of halogens is 1. The molecule has 0 fully saturated rings. The first kappa shape index (κ1) is 11.9. The monoisotopic (exact) mass is 247 g/mol. The summed E-state index contributed by atoms with van der Waals surface area (Å²) >= 11 is 5.87. The van der Waals surface area contributed by atoms with Crippen LogP contribution in [0.15, 0.2) is 30.3 Å². The zero-order valence-electron chi connectivity index (χ0n) is 9.81. The lowest BCUT2D eigenvalue weighted by molar-refractivity contribution is 0.867. The summed E-state index contributed by atoms with van der Waals surface area (Å²) < 4.78 is 0. The molecule has 0 aliphatic heterocycles. The molecular weight excluding hydrogens is 234 g/mol. The van der Waals surface area contributed by atoms with Gasteiger partial charge in [-0.3, -0.25) is 0 Å². The number of nitrogen functional groups attached to an aromatic ring is 1. The van der Waals surface area contributed by atoms with Gasteiger partial charge in [-0.1, -0.05) is 43.6 Å². The van der Waals surface area contributed by atoms with Crippen molar-refractivity contribution in [2.75, 3.05) is 5.73 Å². The molecule has 1 aromatic heterocycles. The fourth-order valence-electron chi connectivity index (χ4n) is 1.64. The van der Waals surface area contributed by atoms with Crippen molar-refractivity contribution in [1.29, 1.82) is 0 Å². The molecule has 1 heterocycles. The highest BCUT2D eigenvalue weighted by Crippen LogP contribution is 2.24. The third kappa shape index (κ3) is 2.74. The topological polar surface area (TPSA) is 51.8 Å². The van der Waals surface area contributed by atoms with Crippen molar-refractivity contribution in [1.82, 2.24) is 9.97 Å². The van der Waals surface area contributed by atoms with Crippen molar-refractivity contribution in [2.24, 2.45) is 0 Å². The van der Waals surface area contributed by atoms with Gasteiger partial charge in [-0.2, -0.15) is 0 Å². The summed E-state index contributed by atoms with van der Waals surface area (Å²) in [6.07, 6.45) is 0. The van der Waals surface area contributed by atoms with Crippen LogP contribution in [-0.2, 0) is 0 Å². The Morgan fingerprint density at radius 1 is 1.18 bits per heavy atom. The van der Waals surface area contributed by atoms with Gasteiger partial charge in [-0.15, -0.1) is 0 Å². The maximum Gasteiger partial charge on any atom is 0.221 e. The summed E-state index contributed by atoms with van der Waals surface area (Å²) in [7, 11) is 0. The van der Waals surface area contributed by atoms with Crippen LogP contribution in [0.25, 0.3) is 11.3 Å². The summed E-state index contributed by atoms with van der Waals surface area (Å²) in [6, 6.07) is 9.92. The zero-order chi connectivity index (χ0) is 12.4. The third-order valence-corrected chi connectivity index (χ3v) is 2.75. The van der Waals surface area contributed by atoms with Gasteiger partial charge in [-0.05, 0) is 17.5 Å². The molecule has 0 bridgehead atoms. The normalized spacial score (nSPS) is 10.8. The van der Waals surface area contributed by atoms with E-state index in [4.69, 9.17) is 17.3 Å². The van der Waals surface area contributed by atoms with Gasteiger partial charge in [0.05, 0.1) is 5.69 Å². The van der Waals surface area contributed by atoms with Gasteiger partial charge in [0.25, 0.3) is 0 Å². The van der Waals surface area contributed by atoms with Crippen molar-refractivity contribution < 1.29 is 0 Å². The Morgan fingerprint density at radius 2 is 1.94 bits per heavy atom. The van der Waals surface area contributed by atoms with Gasteiger partial charge in [-0.25, -0.2) is 9.97 Å². The van der Waals surface area contributed by atoms with Crippen molar-refractivity contribution in [3.05, 3.63) is 41.0 Å². The summed E-state index contributed by atoms with van der Waals surface area (Å²) in [5.74, 6) is 0.673. The zero-order valence-corrected chi connectivity index (χ0v) is 10.6. The molecule has 2 rings (SSSR count). The van der Waals surface area contributed by atoms with Gasteiger partial charge in [0.2, 0.25) is 5.95 Å². The van der Waals surface area contributed by atoms with E-state index in [0.717, 1.165) is 11.3 Å². The molecule has 0 atom stereocenters. The summed E-state index contributed by atoms with van der Waals surface area (Å²) in [5, 5.41) is 0.363. The number of hydrogen-bond donors (Lipinski definition) is 1. The average Bonchev–Trinajstić information content (AvgIpc) is 2.28. The molecule has 0 aliphatic carbocycles. The van der Waals surface area contributed by atoms with E-state index >= 15 is 0 Å². The van der Waals surface area contributed by atoms with Gasteiger partial charge < -0.3 is 5.73 Å². The Kier molecular flexibility index (Phi) is 3.29. The van der Waals surface area contributed by atoms with Crippen molar-refractivity contribution >= 4 is 17.5 Å². The Hall–Kier alpha value is -1.61. The second-order valence-corrected chi connectivity index (χ2v) is 4.60. The van der Waals surface area contributed by atoms with Crippen LogP contribution in [0.1, 0.15) is 25.3 Å². The molecule has 2 aromatic rings. The van der Waals surface area contributed by atoms with E-state index in [9.17, 15) is 0 Å². The van der Waals surface area contributed by atoms with Crippen LogP contribution < -0.4 is 5.73 Å². The van der Waals surface area contributed by atoms with Gasteiger partial charge >= 0.3 is 0 Å². The Morgan fingerprint density at radius 3 is 2.59 bits per heavy atom. The third-order valence-electron chi connectivity index (χ3n) is 2.56. The largest absolute Gasteiger partial charge is 0.368 e. The highest BCUT2D eigenvalue weighted by Gasteiger charge is 2.06. The van der Waals surface area contributed by atoms with Gasteiger partial charge in [0.15, 0.2) is 0 Å². The molecule has 0 spiro atoms. The maximum atomic E-state index is 5.87. The summed E-state index contributed by atoms with van der Waals surface area (Å²) in [4.78, 5) is 8.04. The Bertz CT molecular complexity index is 518. The van der Waals surface area contributed by atoms with Crippen molar-refractivity contribution in [3.63, 3.8) is 0 Å². The lowest BCUT2D eigenvalue weighted by Crippen LogP contribution is -1.97. The van der Waals surface area contributed by atoms with E-state index < -0.39 is 0 Å². The number of nitrogens with two attached hydrogens (primary N) is 1. The van der Waals surface area contributed by atoms with E-state index in [0.29, 0.717) is 11.1 Å². The first-order valence-corrected chi connectivity index (χ1v) is 5.84. The van der Waals surface area contributed by atoms with Gasteiger partial charge in [0, 0.05) is 11.6 Å². The van der Waals surface area contributed by atoms with E-state index in [2.05, 4.69) is 35.9 Å². The highest BCUT2D eigenvalue weighted by atomic mass is 35.5. The van der Waals surface area contributed by atoms with Crippen LogP contribution in [0.3, 0.4) is 0 Å². The minimum absolute atomic E-state index is 0.197. The lowest BCUT2D eigenvalue weighted by Gasteiger charge is -2.08. The molecule has 0 radical (unpaired) electrons. The molecule has 1 aromatic carbocycles. The Labute approximate surface area is 106 Å². The minimum atomic E-state index is 0.197. The Balaban J connectivity index is 2.49. The molecule has 0 saturated carbocycles. The number of rotatable bonds is 2. The smallest absolute Gasteiger partial charge is 0.221 e. The molecule has 2 N–H and O–H groups in total. The predicted octanol–water partition coefficient (Wildman–Crippen LogP) is 3.50. The average molecular weight is 248 g/mol. The fraction of sp³-hybridized carbons (Fsp3) is 0.231. The van der Waals surface area contributed by atoms with Crippen LogP contribution in [0, 0.1) is 0 Å². The number of anilines is 1.